The number of aliphatic hydroxyl groups excluding tert-OH is 2. The van der Waals surface area contributed by atoms with Crippen molar-refractivity contribution in [3.05, 3.63) is 23.9 Å². The Kier molecular flexibility index (Phi) is 3.64. The molecule has 4 heteroatoms. The van der Waals surface area contributed by atoms with Crippen molar-refractivity contribution in [3.63, 3.8) is 0 Å². The standard InChI is InChI=1S/C13H20N2O2/c1-9-8-15(6-4-12(9)17)13-7-11(10(2)16)3-5-14-13/h3,5,7,9-10,12,16-17H,4,6,8H2,1-2H3/t9?,10-,12?/m0/s1. The third kappa shape index (κ3) is 2.76. The maximum Gasteiger partial charge on any atom is 0.128 e. The van der Waals surface area contributed by atoms with Crippen LogP contribution in [-0.4, -0.2) is 34.4 Å². The molecule has 17 heavy (non-hydrogen) atoms. The minimum atomic E-state index is -0.468. The molecule has 1 saturated heterocycles. The molecule has 0 aliphatic carbocycles. The molecule has 1 aliphatic heterocycles. The number of aliphatic hydroxyl groups is 2. The van der Waals surface area contributed by atoms with E-state index in [0.29, 0.717) is 0 Å². The molecule has 0 bridgehead atoms. The van der Waals surface area contributed by atoms with Gasteiger partial charge in [-0.15, -0.1) is 0 Å². The molecule has 0 amide bonds. The lowest BCUT2D eigenvalue weighted by Crippen LogP contribution is -2.42. The van der Waals surface area contributed by atoms with Gasteiger partial charge in [-0.25, -0.2) is 4.98 Å². The summed E-state index contributed by atoms with van der Waals surface area (Å²) in [6, 6.07) is 3.76. The Morgan fingerprint density at radius 1 is 1.53 bits per heavy atom. The largest absolute Gasteiger partial charge is 0.393 e. The summed E-state index contributed by atoms with van der Waals surface area (Å²) < 4.78 is 0. The van der Waals surface area contributed by atoms with Crippen LogP contribution in [0, 0.1) is 5.92 Å². The summed E-state index contributed by atoms with van der Waals surface area (Å²) in [5, 5.41) is 19.3. The number of rotatable bonds is 2. The summed E-state index contributed by atoms with van der Waals surface area (Å²) in [6.45, 7) is 5.44. The minimum Gasteiger partial charge on any atom is -0.393 e. The third-order valence-electron chi connectivity index (χ3n) is 3.44. The van der Waals surface area contributed by atoms with Crippen LogP contribution >= 0.6 is 0 Å². The molecule has 2 N–H and O–H groups in total. The van der Waals surface area contributed by atoms with E-state index < -0.39 is 6.10 Å². The first-order chi connectivity index (χ1) is 8.08. The zero-order valence-corrected chi connectivity index (χ0v) is 10.4. The maximum absolute atomic E-state index is 9.70. The van der Waals surface area contributed by atoms with Gasteiger partial charge < -0.3 is 15.1 Å². The Morgan fingerprint density at radius 2 is 2.29 bits per heavy atom. The van der Waals surface area contributed by atoms with Crippen molar-refractivity contribution in [1.82, 2.24) is 4.98 Å². The number of hydrogen-bond donors (Lipinski definition) is 2. The van der Waals surface area contributed by atoms with Crippen molar-refractivity contribution in [2.45, 2.75) is 32.5 Å². The average molecular weight is 236 g/mol. The van der Waals surface area contributed by atoms with Gasteiger partial charge in [-0.1, -0.05) is 6.92 Å². The Balaban J connectivity index is 2.14. The smallest absolute Gasteiger partial charge is 0.128 e. The van der Waals surface area contributed by atoms with Crippen LogP contribution in [0.2, 0.25) is 0 Å². The summed E-state index contributed by atoms with van der Waals surface area (Å²) in [6.07, 6.45) is 1.84. The van der Waals surface area contributed by atoms with Crippen molar-refractivity contribution >= 4 is 5.82 Å². The van der Waals surface area contributed by atoms with Crippen molar-refractivity contribution in [1.29, 1.82) is 0 Å². The summed E-state index contributed by atoms with van der Waals surface area (Å²) >= 11 is 0. The summed E-state index contributed by atoms with van der Waals surface area (Å²) in [5.41, 5.74) is 0.883. The highest BCUT2D eigenvalue weighted by molar-refractivity contribution is 5.42. The highest BCUT2D eigenvalue weighted by Gasteiger charge is 2.25. The second-order valence-corrected chi connectivity index (χ2v) is 4.90. The van der Waals surface area contributed by atoms with Crippen molar-refractivity contribution in [2.24, 2.45) is 5.92 Å². The number of pyridine rings is 1. The Hall–Kier alpha value is -1.13. The van der Waals surface area contributed by atoms with Crippen LogP contribution in [0.3, 0.4) is 0 Å². The van der Waals surface area contributed by atoms with Gasteiger partial charge in [-0.3, -0.25) is 0 Å². The van der Waals surface area contributed by atoms with Crippen molar-refractivity contribution in [3.8, 4) is 0 Å². The number of aromatic nitrogens is 1. The molecule has 4 nitrogen and oxygen atoms in total. The lowest BCUT2D eigenvalue weighted by molar-refractivity contribution is 0.0968. The van der Waals surface area contributed by atoms with Gasteiger partial charge in [0.05, 0.1) is 12.2 Å². The van der Waals surface area contributed by atoms with E-state index >= 15 is 0 Å². The van der Waals surface area contributed by atoms with Gasteiger partial charge in [0, 0.05) is 19.3 Å². The van der Waals surface area contributed by atoms with Crippen LogP contribution in [0.5, 0.6) is 0 Å². The van der Waals surface area contributed by atoms with E-state index in [1.165, 1.54) is 0 Å². The first kappa shape index (κ1) is 12.3. The number of piperidine rings is 1. The lowest BCUT2D eigenvalue weighted by Gasteiger charge is -2.35. The molecule has 1 aromatic rings. The SMILES string of the molecule is CC1CN(c2cc([C@H](C)O)ccn2)CCC1O. The van der Waals surface area contributed by atoms with Crippen LogP contribution in [-0.2, 0) is 0 Å². The number of nitrogens with zero attached hydrogens (tertiary/aromatic N) is 2. The van der Waals surface area contributed by atoms with Gasteiger partial charge in [0.2, 0.25) is 0 Å². The lowest BCUT2D eigenvalue weighted by atomic mass is 9.96. The van der Waals surface area contributed by atoms with Gasteiger partial charge in [0.25, 0.3) is 0 Å². The first-order valence-electron chi connectivity index (χ1n) is 6.15. The third-order valence-corrected chi connectivity index (χ3v) is 3.44. The van der Waals surface area contributed by atoms with Gasteiger partial charge >= 0.3 is 0 Å². The quantitative estimate of drug-likeness (QED) is 0.813. The molecule has 2 rings (SSSR count). The molecule has 2 unspecified atom stereocenters. The predicted octanol–water partition coefficient (Wildman–Crippen LogP) is 1.34. The Bertz CT molecular complexity index is 381. The molecule has 94 valence electrons. The topological polar surface area (TPSA) is 56.6 Å². The second kappa shape index (κ2) is 5.02. The van der Waals surface area contributed by atoms with Crippen LogP contribution in [0.25, 0.3) is 0 Å². The molecule has 0 saturated carbocycles. The molecule has 1 fully saturated rings. The van der Waals surface area contributed by atoms with E-state index in [1.807, 2.05) is 12.1 Å². The fraction of sp³-hybridized carbons (Fsp3) is 0.615. The van der Waals surface area contributed by atoms with E-state index in [0.717, 1.165) is 30.9 Å². The van der Waals surface area contributed by atoms with Gasteiger partial charge in [-0.05, 0) is 37.0 Å². The molecule has 0 spiro atoms. The van der Waals surface area contributed by atoms with Crippen LogP contribution in [0.4, 0.5) is 5.82 Å². The molecule has 1 aromatic heterocycles. The zero-order valence-electron chi connectivity index (χ0n) is 10.4. The minimum absolute atomic E-state index is 0.203. The monoisotopic (exact) mass is 236 g/mol. The van der Waals surface area contributed by atoms with Crippen molar-refractivity contribution < 1.29 is 10.2 Å². The maximum atomic E-state index is 9.70. The molecule has 0 radical (unpaired) electrons. The van der Waals surface area contributed by atoms with Gasteiger partial charge in [-0.2, -0.15) is 0 Å². The average Bonchev–Trinajstić information content (AvgIpc) is 2.33. The van der Waals surface area contributed by atoms with E-state index in [1.54, 1.807) is 13.1 Å². The molecule has 3 atom stereocenters. The Morgan fingerprint density at radius 3 is 2.94 bits per heavy atom. The molecule has 0 aromatic carbocycles. The van der Waals surface area contributed by atoms with Crippen molar-refractivity contribution in [2.75, 3.05) is 18.0 Å². The van der Waals surface area contributed by atoms with Crippen LogP contribution in [0.15, 0.2) is 18.3 Å². The summed E-state index contributed by atoms with van der Waals surface area (Å²) in [4.78, 5) is 6.51. The second-order valence-electron chi connectivity index (χ2n) is 4.90. The Labute approximate surface area is 102 Å². The normalized spacial score (nSPS) is 26.9. The van der Waals surface area contributed by atoms with Crippen LogP contribution in [0.1, 0.15) is 31.9 Å². The predicted molar refractivity (Wildman–Crippen MR) is 66.9 cm³/mol. The molecular weight excluding hydrogens is 216 g/mol. The highest BCUT2D eigenvalue weighted by Crippen LogP contribution is 2.23. The summed E-state index contributed by atoms with van der Waals surface area (Å²) in [5.74, 6) is 1.16. The van der Waals surface area contributed by atoms with Gasteiger partial charge in [0.1, 0.15) is 5.82 Å². The molecular formula is C13H20N2O2. The first-order valence-corrected chi connectivity index (χ1v) is 6.15. The number of anilines is 1. The van der Waals surface area contributed by atoms with Gasteiger partial charge in [0.15, 0.2) is 0 Å². The fourth-order valence-electron chi connectivity index (χ4n) is 2.21. The zero-order chi connectivity index (χ0) is 12.4. The van der Waals surface area contributed by atoms with E-state index in [4.69, 9.17) is 0 Å². The fourth-order valence-corrected chi connectivity index (χ4v) is 2.21. The summed E-state index contributed by atoms with van der Waals surface area (Å²) in [7, 11) is 0. The van der Waals surface area contributed by atoms with E-state index in [-0.39, 0.29) is 12.0 Å². The molecule has 2 heterocycles. The van der Waals surface area contributed by atoms with Crippen LogP contribution < -0.4 is 4.90 Å². The van der Waals surface area contributed by atoms with E-state index in [2.05, 4.69) is 16.8 Å². The number of hydrogen-bond acceptors (Lipinski definition) is 4. The van der Waals surface area contributed by atoms with E-state index in [9.17, 15) is 10.2 Å². The molecule has 1 aliphatic rings. The highest BCUT2D eigenvalue weighted by atomic mass is 16.3.